The average Bonchev–Trinajstić information content (AvgIpc) is 2.48. The highest BCUT2D eigenvalue weighted by Crippen LogP contribution is 2.21. The number of Topliss-reactive ketones (excluding diaryl/α,β-unsaturated/α-hetero) is 1. The Labute approximate surface area is 122 Å². The molecule has 0 saturated heterocycles. The molecule has 5 nitrogen and oxygen atoms in total. The van der Waals surface area contributed by atoms with Gasteiger partial charge in [0.25, 0.3) is 5.69 Å². The van der Waals surface area contributed by atoms with Gasteiger partial charge in [0.1, 0.15) is 5.75 Å². The van der Waals surface area contributed by atoms with Gasteiger partial charge in [-0.05, 0) is 24.6 Å². The van der Waals surface area contributed by atoms with Gasteiger partial charge >= 0.3 is 0 Å². The highest BCUT2D eigenvalue weighted by Gasteiger charge is 2.13. The first kappa shape index (κ1) is 14.7. The van der Waals surface area contributed by atoms with E-state index >= 15 is 0 Å². The van der Waals surface area contributed by atoms with Crippen molar-refractivity contribution in [2.45, 2.75) is 13.3 Å². The molecule has 2 aromatic rings. The first-order valence-electron chi connectivity index (χ1n) is 6.60. The average molecular weight is 285 g/mol. The lowest BCUT2D eigenvalue weighted by molar-refractivity contribution is -0.384. The fourth-order valence-corrected chi connectivity index (χ4v) is 1.99. The Morgan fingerprint density at radius 1 is 1.14 bits per heavy atom. The van der Waals surface area contributed by atoms with Crippen LogP contribution in [0.2, 0.25) is 0 Å². The number of para-hydroxylation sites is 1. The quantitative estimate of drug-likeness (QED) is 0.463. The fraction of sp³-hybridized carbons (Fsp3) is 0.188. The van der Waals surface area contributed by atoms with E-state index < -0.39 is 4.92 Å². The van der Waals surface area contributed by atoms with E-state index in [1.54, 1.807) is 30.3 Å². The van der Waals surface area contributed by atoms with Gasteiger partial charge in [-0.2, -0.15) is 0 Å². The predicted octanol–water partition coefficient (Wildman–Crippen LogP) is 3.42. The number of nitro benzene ring substituents is 1. The smallest absolute Gasteiger partial charge is 0.269 e. The topological polar surface area (TPSA) is 69.4 Å². The molecule has 0 radical (unpaired) electrons. The molecule has 0 aliphatic heterocycles. The number of hydrogen-bond donors (Lipinski definition) is 0. The Bertz CT molecular complexity index is 650. The lowest BCUT2D eigenvalue weighted by Crippen LogP contribution is -2.07. The summed E-state index contributed by atoms with van der Waals surface area (Å²) in [6, 6.07) is 13.1. The number of nitrogens with zero attached hydrogens (tertiary/aromatic N) is 1. The van der Waals surface area contributed by atoms with Crippen molar-refractivity contribution in [1.29, 1.82) is 0 Å². The standard InChI is InChI=1S/C16H15NO4/c1-2-21-16-6-4-3-5-14(16)15(18)11-12-7-9-13(10-8-12)17(19)20/h3-10H,2,11H2,1H3. The van der Waals surface area contributed by atoms with Crippen LogP contribution in [-0.4, -0.2) is 17.3 Å². The van der Waals surface area contributed by atoms with Crippen molar-refractivity contribution in [1.82, 2.24) is 0 Å². The van der Waals surface area contributed by atoms with Crippen LogP contribution in [0.15, 0.2) is 48.5 Å². The summed E-state index contributed by atoms with van der Waals surface area (Å²) in [5.41, 5.74) is 1.27. The third kappa shape index (κ3) is 3.66. The van der Waals surface area contributed by atoms with E-state index in [9.17, 15) is 14.9 Å². The first-order chi connectivity index (χ1) is 10.1. The van der Waals surface area contributed by atoms with E-state index in [1.807, 2.05) is 13.0 Å². The molecule has 0 aliphatic carbocycles. The number of carbonyl (C=O) groups excluding carboxylic acids is 1. The summed E-state index contributed by atoms with van der Waals surface area (Å²) in [4.78, 5) is 22.4. The third-order valence-electron chi connectivity index (χ3n) is 3.00. The summed E-state index contributed by atoms with van der Waals surface area (Å²) in [6.07, 6.45) is 0.183. The molecule has 0 unspecified atom stereocenters. The van der Waals surface area contributed by atoms with Crippen molar-refractivity contribution in [2.75, 3.05) is 6.61 Å². The van der Waals surface area contributed by atoms with Gasteiger partial charge in [0.05, 0.1) is 17.1 Å². The summed E-state index contributed by atoms with van der Waals surface area (Å²) in [6.45, 7) is 2.35. The zero-order valence-corrected chi connectivity index (χ0v) is 11.6. The van der Waals surface area contributed by atoms with Crippen LogP contribution in [0.3, 0.4) is 0 Å². The number of carbonyl (C=O) groups is 1. The van der Waals surface area contributed by atoms with Crippen molar-refractivity contribution in [2.24, 2.45) is 0 Å². The van der Waals surface area contributed by atoms with Crippen molar-refractivity contribution in [3.8, 4) is 5.75 Å². The Kier molecular flexibility index (Phi) is 4.66. The molecule has 0 N–H and O–H groups in total. The van der Waals surface area contributed by atoms with E-state index in [-0.39, 0.29) is 17.9 Å². The molecule has 21 heavy (non-hydrogen) atoms. The summed E-state index contributed by atoms with van der Waals surface area (Å²) in [7, 11) is 0. The van der Waals surface area contributed by atoms with Crippen LogP contribution < -0.4 is 4.74 Å². The molecular weight excluding hydrogens is 270 g/mol. The molecule has 0 saturated carbocycles. The minimum atomic E-state index is -0.462. The fourth-order valence-electron chi connectivity index (χ4n) is 1.99. The van der Waals surface area contributed by atoms with Crippen LogP contribution in [0.4, 0.5) is 5.69 Å². The second kappa shape index (κ2) is 6.65. The van der Waals surface area contributed by atoms with Gasteiger partial charge in [0, 0.05) is 18.6 Å². The summed E-state index contributed by atoms with van der Waals surface area (Å²) in [5, 5.41) is 10.6. The third-order valence-corrected chi connectivity index (χ3v) is 3.00. The highest BCUT2D eigenvalue weighted by atomic mass is 16.6. The SMILES string of the molecule is CCOc1ccccc1C(=O)Cc1ccc([N+](=O)[O-])cc1. The van der Waals surface area contributed by atoms with E-state index in [0.29, 0.717) is 17.9 Å². The van der Waals surface area contributed by atoms with Gasteiger partial charge in [-0.25, -0.2) is 0 Å². The number of ketones is 1. The summed E-state index contributed by atoms with van der Waals surface area (Å²) < 4.78 is 5.44. The van der Waals surface area contributed by atoms with Crippen LogP contribution in [0.5, 0.6) is 5.75 Å². The molecule has 0 atom stereocenters. The van der Waals surface area contributed by atoms with Crippen LogP contribution in [0.25, 0.3) is 0 Å². The summed E-state index contributed by atoms with van der Waals surface area (Å²) in [5.74, 6) is 0.486. The van der Waals surface area contributed by atoms with Crippen molar-refractivity contribution >= 4 is 11.5 Å². The zero-order valence-electron chi connectivity index (χ0n) is 11.6. The van der Waals surface area contributed by atoms with Gasteiger partial charge in [0.15, 0.2) is 5.78 Å². The molecule has 0 spiro atoms. The minimum absolute atomic E-state index is 0.0147. The molecule has 5 heteroatoms. The number of ether oxygens (including phenoxy) is 1. The Morgan fingerprint density at radius 2 is 1.81 bits per heavy atom. The van der Waals surface area contributed by atoms with Crippen LogP contribution >= 0.6 is 0 Å². The molecule has 108 valence electrons. The molecule has 0 bridgehead atoms. The summed E-state index contributed by atoms with van der Waals surface area (Å²) >= 11 is 0. The van der Waals surface area contributed by atoms with E-state index in [0.717, 1.165) is 5.56 Å². The first-order valence-corrected chi connectivity index (χ1v) is 6.60. The van der Waals surface area contributed by atoms with Gasteiger partial charge in [-0.3, -0.25) is 14.9 Å². The molecule has 2 rings (SSSR count). The van der Waals surface area contributed by atoms with Crippen LogP contribution in [0, 0.1) is 10.1 Å². The monoisotopic (exact) mass is 285 g/mol. The number of rotatable bonds is 6. The molecule has 0 aromatic heterocycles. The highest BCUT2D eigenvalue weighted by molar-refractivity contribution is 5.99. The molecule has 2 aromatic carbocycles. The van der Waals surface area contributed by atoms with E-state index in [1.165, 1.54) is 12.1 Å². The predicted molar refractivity (Wildman–Crippen MR) is 78.7 cm³/mol. The lowest BCUT2D eigenvalue weighted by Gasteiger charge is -2.09. The second-order valence-corrected chi connectivity index (χ2v) is 4.45. The van der Waals surface area contributed by atoms with E-state index in [4.69, 9.17) is 4.74 Å². The maximum atomic E-state index is 12.3. The Hall–Kier alpha value is -2.69. The van der Waals surface area contributed by atoms with Crippen LogP contribution in [0.1, 0.15) is 22.8 Å². The minimum Gasteiger partial charge on any atom is -0.493 e. The van der Waals surface area contributed by atoms with Crippen molar-refractivity contribution in [3.63, 3.8) is 0 Å². The van der Waals surface area contributed by atoms with Gasteiger partial charge < -0.3 is 4.74 Å². The number of non-ortho nitro benzene ring substituents is 1. The Morgan fingerprint density at radius 3 is 2.43 bits per heavy atom. The molecule has 0 aliphatic rings. The number of hydrogen-bond acceptors (Lipinski definition) is 4. The number of nitro groups is 1. The molecule has 0 fully saturated rings. The van der Waals surface area contributed by atoms with Crippen molar-refractivity contribution in [3.05, 3.63) is 69.8 Å². The number of benzene rings is 2. The molecular formula is C16H15NO4. The second-order valence-electron chi connectivity index (χ2n) is 4.45. The van der Waals surface area contributed by atoms with Gasteiger partial charge in [-0.15, -0.1) is 0 Å². The largest absolute Gasteiger partial charge is 0.493 e. The van der Waals surface area contributed by atoms with Crippen LogP contribution in [-0.2, 0) is 6.42 Å². The Balaban J connectivity index is 2.16. The molecule has 0 amide bonds. The van der Waals surface area contributed by atoms with Gasteiger partial charge in [0.2, 0.25) is 0 Å². The van der Waals surface area contributed by atoms with E-state index in [2.05, 4.69) is 0 Å². The maximum Gasteiger partial charge on any atom is 0.269 e. The van der Waals surface area contributed by atoms with Crippen molar-refractivity contribution < 1.29 is 14.5 Å². The zero-order chi connectivity index (χ0) is 15.2. The molecule has 0 heterocycles. The van der Waals surface area contributed by atoms with Gasteiger partial charge in [-0.1, -0.05) is 24.3 Å². The lowest BCUT2D eigenvalue weighted by atomic mass is 10.0. The normalized spacial score (nSPS) is 10.1. The maximum absolute atomic E-state index is 12.3.